The highest BCUT2D eigenvalue weighted by molar-refractivity contribution is 6.30. The summed E-state index contributed by atoms with van der Waals surface area (Å²) in [5.41, 5.74) is 4.58. The van der Waals surface area contributed by atoms with E-state index >= 15 is 0 Å². The molecule has 38 heavy (non-hydrogen) atoms. The summed E-state index contributed by atoms with van der Waals surface area (Å²) in [4.78, 5) is 17.0. The Labute approximate surface area is 230 Å². The summed E-state index contributed by atoms with van der Waals surface area (Å²) in [6.07, 6.45) is 2.07. The summed E-state index contributed by atoms with van der Waals surface area (Å²) in [7, 11) is 0. The standard InChI is InChI=1S/C30H36ClN5O2/c31-28-26-11-14-36(13-4-12-34-15-18-37-19-16-34)30(26)33-29(32-28)25-9-7-24(8-10-25)27-22-35(17-20-38-27)21-23-5-2-1-3-6-23/h1-3,5-10,27H,4,11-22H2. The Hall–Kier alpha value is -2.55. The molecule has 3 aromatic rings. The van der Waals surface area contributed by atoms with Crippen molar-refractivity contribution in [1.29, 1.82) is 0 Å². The van der Waals surface area contributed by atoms with E-state index in [1.165, 1.54) is 11.1 Å². The molecule has 2 aromatic carbocycles. The number of morpholine rings is 2. The number of anilines is 1. The number of fused-ring (bicyclic) bond motifs is 1. The van der Waals surface area contributed by atoms with Crippen molar-refractivity contribution >= 4 is 17.4 Å². The fourth-order valence-electron chi connectivity index (χ4n) is 5.67. The van der Waals surface area contributed by atoms with Crippen molar-refractivity contribution in [2.24, 2.45) is 0 Å². The van der Waals surface area contributed by atoms with E-state index < -0.39 is 0 Å². The van der Waals surface area contributed by atoms with Crippen molar-refractivity contribution in [3.63, 3.8) is 0 Å². The van der Waals surface area contributed by atoms with Crippen LogP contribution in [0, 0.1) is 0 Å². The molecular formula is C30H36ClN5O2. The van der Waals surface area contributed by atoms with Crippen molar-refractivity contribution < 1.29 is 9.47 Å². The van der Waals surface area contributed by atoms with Gasteiger partial charge in [0.1, 0.15) is 11.0 Å². The maximum Gasteiger partial charge on any atom is 0.163 e. The Morgan fingerprint density at radius 3 is 2.45 bits per heavy atom. The van der Waals surface area contributed by atoms with Gasteiger partial charge in [-0.25, -0.2) is 9.97 Å². The molecule has 200 valence electrons. The van der Waals surface area contributed by atoms with Gasteiger partial charge in [-0.1, -0.05) is 66.2 Å². The molecule has 2 fully saturated rings. The van der Waals surface area contributed by atoms with Gasteiger partial charge in [-0.2, -0.15) is 0 Å². The van der Waals surface area contributed by atoms with E-state index in [-0.39, 0.29) is 6.10 Å². The lowest BCUT2D eigenvalue weighted by Gasteiger charge is -2.33. The van der Waals surface area contributed by atoms with Crippen molar-refractivity contribution in [2.45, 2.75) is 25.5 Å². The number of ether oxygens (including phenoxy) is 2. The Morgan fingerprint density at radius 1 is 0.842 bits per heavy atom. The molecule has 3 aliphatic rings. The zero-order chi connectivity index (χ0) is 25.7. The van der Waals surface area contributed by atoms with Crippen LogP contribution in [0.15, 0.2) is 54.6 Å². The second-order valence-electron chi connectivity index (χ2n) is 10.4. The number of aromatic nitrogens is 2. The Kier molecular flexibility index (Phi) is 8.19. The van der Waals surface area contributed by atoms with Gasteiger partial charge in [0.15, 0.2) is 5.82 Å². The summed E-state index contributed by atoms with van der Waals surface area (Å²) in [5.74, 6) is 1.69. The Morgan fingerprint density at radius 2 is 1.63 bits per heavy atom. The topological polar surface area (TPSA) is 54.0 Å². The van der Waals surface area contributed by atoms with Crippen molar-refractivity contribution in [2.75, 3.05) is 70.5 Å². The van der Waals surface area contributed by atoms with E-state index in [1.807, 2.05) is 0 Å². The molecule has 0 amide bonds. The third-order valence-corrected chi connectivity index (χ3v) is 8.13. The molecule has 1 atom stereocenters. The van der Waals surface area contributed by atoms with Crippen LogP contribution in [0.3, 0.4) is 0 Å². The number of rotatable bonds is 8. The molecule has 8 heteroatoms. The van der Waals surface area contributed by atoms with Crippen LogP contribution < -0.4 is 4.90 Å². The molecule has 0 saturated carbocycles. The van der Waals surface area contributed by atoms with E-state index in [4.69, 9.17) is 26.1 Å². The highest BCUT2D eigenvalue weighted by Gasteiger charge is 2.26. The van der Waals surface area contributed by atoms with E-state index in [9.17, 15) is 0 Å². The first-order chi connectivity index (χ1) is 18.7. The molecule has 3 aliphatic heterocycles. The van der Waals surface area contributed by atoms with Crippen molar-refractivity contribution in [1.82, 2.24) is 19.8 Å². The van der Waals surface area contributed by atoms with Gasteiger partial charge >= 0.3 is 0 Å². The Balaban J connectivity index is 1.11. The van der Waals surface area contributed by atoms with Crippen LogP contribution in [-0.2, 0) is 22.4 Å². The minimum atomic E-state index is 0.0630. The summed E-state index contributed by atoms with van der Waals surface area (Å²) in [6.45, 7) is 10.3. The quantitative estimate of drug-likeness (QED) is 0.396. The number of halogens is 1. The van der Waals surface area contributed by atoms with E-state index in [0.717, 1.165) is 102 Å². The second-order valence-corrected chi connectivity index (χ2v) is 10.7. The lowest BCUT2D eigenvalue weighted by atomic mass is 10.0. The summed E-state index contributed by atoms with van der Waals surface area (Å²) < 4.78 is 11.6. The first kappa shape index (κ1) is 25.7. The Bertz CT molecular complexity index is 1200. The SMILES string of the molecule is Clc1nc(-c2ccc(C3CN(Cc4ccccc4)CCO3)cc2)nc2c1CCN2CCCN1CCOCC1. The first-order valence-electron chi connectivity index (χ1n) is 13.8. The molecule has 0 aliphatic carbocycles. The van der Waals surface area contributed by atoms with Gasteiger partial charge < -0.3 is 14.4 Å². The predicted octanol–water partition coefficient (Wildman–Crippen LogP) is 4.46. The van der Waals surface area contributed by atoms with Crippen molar-refractivity contribution in [3.05, 3.63) is 76.4 Å². The lowest BCUT2D eigenvalue weighted by molar-refractivity contribution is -0.0329. The van der Waals surface area contributed by atoms with Gasteiger partial charge in [0, 0.05) is 63.5 Å². The molecule has 0 bridgehead atoms. The second kappa shape index (κ2) is 12.1. The van der Waals surface area contributed by atoms with Crippen LogP contribution in [0.5, 0.6) is 0 Å². The molecule has 0 spiro atoms. The maximum absolute atomic E-state index is 6.66. The minimum absolute atomic E-state index is 0.0630. The third-order valence-electron chi connectivity index (χ3n) is 7.81. The predicted molar refractivity (Wildman–Crippen MR) is 151 cm³/mol. The van der Waals surface area contributed by atoms with Crippen LogP contribution in [0.4, 0.5) is 5.82 Å². The monoisotopic (exact) mass is 533 g/mol. The van der Waals surface area contributed by atoms with Crippen molar-refractivity contribution in [3.8, 4) is 11.4 Å². The highest BCUT2D eigenvalue weighted by atomic mass is 35.5. The van der Waals surface area contributed by atoms with Crippen LogP contribution in [0.1, 0.15) is 29.2 Å². The largest absolute Gasteiger partial charge is 0.379 e. The van der Waals surface area contributed by atoms with Gasteiger partial charge in [0.2, 0.25) is 0 Å². The number of nitrogens with zero attached hydrogens (tertiary/aromatic N) is 5. The molecule has 0 radical (unpaired) electrons. The van der Waals surface area contributed by atoms with Gasteiger partial charge in [0.05, 0.1) is 25.9 Å². The average Bonchev–Trinajstić information content (AvgIpc) is 3.38. The zero-order valence-corrected chi connectivity index (χ0v) is 22.7. The van der Waals surface area contributed by atoms with Crippen LogP contribution >= 0.6 is 11.6 Å². The molecule has 7 nitrogen and oxygen atoms in total. The lowest BCUT2D eigenvalue weighted by Crippen LogP contribution is -2.38. The average molecular weight is 534 g/mol. The van der Waals surface area contributed by atoms with Gasteiger partial charge in [0.25, 0.3) is 0 Å². The van der Waals surface area contributed by atoms with E-state index in [2.05, 4.69) is 74.3 Å². The van der Waals surface area contributed by atoms with Gasteiger partial charge in [-0.05, 0) is 24.0 Å². The zero-order valence-electron chi connectivity index (χ0n) is 21.9. The van der Waals surface area contributed by atoms with Crippen LogP contribution in [0.2, 0.25) is 5.15 Å². The van der Waals surface area contributed by atoms with E-state index in [0.29, 0.717) is 11.0 Å². The van der Waals surface area contributed by atoms with Crippen LogP contribution in [0.25, 0.3) is 11.4 Å². The number of hydrogen-bond acceptors (Lipinski definition) is 7. The highest BCUT2D eigenvalue weighted by Crippen LogP contribution is 2.34. The normalized spacial score (nSPS) is 20.6. The minimum Gasteiger partial charge on any atom is -0.379 e. The van der Waals surface area contributed by atoms with E-state index in [1.54, 1.807) is 0 Å². The van der Waals surface area contributed by atoms with Gasteiger partial charge in [-0.3, -0.25) is 9.80 Å². The molecular weight excluding hydrogens is 498 g/mol. The molecule has 1 unspecified atom stereocenters. The smallest absolute Gasteiger partial charge is 0.163 e. The van der Waals surface area contributed by atoms with Crippen LogP contribution in [-0.4, -0.2) is 85.4 Å². The fraction of sp³-hybridized carbons (Fsp3) is 0.467. The third kappa shape index (κ3) is 6.03. The maximum atomic E-state index is 6.66. The molecule has 6 rings (SSSR count). The number of hydrogen-bond donors (Lipinski definition) is 0. The summed E-state index contributed by atoms with van der Waals surface area (Å²) >= 11 is 6.66. The number of benzene rings is 2. The molecule has 1 aromatic heterocycles. The van der Waals surface area contributed by atoms with Gasteiger partial charge in [-0.15, -0.1) is 0 Å². The molecule has 0 N–H and O–H groups in total. The molecule has 2 saturated heterocycles. The summed E-state index contributed by atoms with van der Waals surface area (Å²) in [6, 6.07) is 19.1. The fourth-order valence-corrected chi connectivity index (χ4v) is 5.93. The summed E-state index contributed by atoms with van der Waals surface area (Å²) in [5, 5.41) is 0.580. The molecule has 4 heterocycles. The first-order valence-corrected chi connectivity index (χ1v) is 14.2.